The van der Waals surface area contributed by atoms with E-state index < -0.39 is 10.7 Å². The molecule has 1 aromatic carbocycles. The molecule has 0 aliphatic rings. The van der Waals surface area contributed by atoms with E-state index in [-0.39, 0.29) is 27.0 Å². The summed E-state index contributed by atoms with van der Waals surface area (Å²) >= 11 is 12.0. The van der Waals surface area contributed by atoms with Gasteiger partial charge >= 0.3 is 0 Å². The Balaban J connectivity index is 2.12. The highest BCUT2D eigenvalue weighted by Gasteiger charge is 2.21. The predicted octanol–water partition coefficient (Wildman–Crippen LogP) is 3.40. The number of hydrogen-bond acceptors (Lipinski definition) is 5. The zero-order chi connectivity index (χ0) is 15.9. The Hall–Kier alpha value is -2.51. The van der Waals surface area contributed by atoms with Crippen LogP contribution in [0.4, 0.5) is 5.69 Å². The van der Waals surface area contributed by atoms with Gasteiger partial charge in [0, 0.05) is 23.9 Å². The molecule has 2 heterocycles. The van der Waals surface area contributed by atoms with Crippen LogP contribution in [0.25, 0.3) is 11.0 Å². The molecule has 0 unspecified atom stereocenters. The van der Waals surface area contributed by atoms with Crippen LogP contribution in [0.15, 0.2) is 30.7 Å². The lowest BCUT2D eigenvalue weighted by Gasteiger charge is -2.03. The minimum absolute atomic E-state index is 0.0125. The molecule has 9 heteroatoms. The molecule has 7 nitrogen and oxygen atoms in total. The summed E-state index contributed by atoms with van der Waals surface area (Å²) in [6.07, 6.45) is 2.72. The van der Waals surface area contributed by atoms with Crippen molar-refractivity contribution >= 4 is 45.7 Å². The van der Waals surface area contributed by atoms with E-state index in [0.29, 0.717) is 11.0 Å². The molecule has 0 bridgehead atoms. The fourth-order valence-corrected chi connectivity index (χ4v) is 2.55. The van der Waals surface area contributed by atoms with Crippen molar-refractivity contribution in [3.8, 4) is 0 Å². The van der Waals surface area contributed by atoms with Crippen LogP contribution in [0.5, 0.6) is 0 Å². The number of non-ortho nitro benzene ring substituents is 1. The molecule has 0 atom stereocenters. The number of hydrogen-bond donors (Lipinski definition) is 1. The monoisotopic (exact) mass is 336 g/mol. The number of aromatic nitrogens is 3. The van der Waals surface area contributed by atoms with Gasteiger partial charge in [-0.2, -0.15) is 0 Å². The summed E-state index contributed by atoms with van der Waals surface area (Å²) in [4.78, 5) is 33.3. The van der Waals surface area contributed by atoms with Crippen LogP contribution in [0, 0.1) is 10.1 Å². The summed E-state index contributed by atoms with van der Waals surface area (Å²) in [7, 11) is 0. The molecular weight excluding hydrogens is 331 g/mol. The first kappa shape index (κ1) is 14.4. The van der Waals surface area contributed by atoms with Gasteiger partial charge in [0.15, 0.2) is 5.78 Å². The molecule has 0 aliphatic carbocycles. The third kappa shape index (κ3) is 2.30. The number of carbonyl (C=O) groups excluding carboxylic acids is 1. The fraction of sp³-hybridized carbons (Fsp3) is 0. The maximum absolute atomic E-state index is 12.6. The van der Waals surface area contributed by atoms with Crippen LogP contribution in [0.1, 0.15) is 15.9 Å². The number of rotatable bonds is 3. The van der Waals surface area contributed by atoms with Gasteiger partial charge in [0.1, 0.15) is 17.1 Å². The number of halogens is 2. The Bertz CT molecular complexity index is 923. The Kier molecular flexibility index (Phi) is 3.51. The lowest BCUT2D eigenvalue weighted by molar-refractivity contribution is -0.384. The van der Waals surface area contributed by atoms with E-state index in [1.807, 2.05) is 0 Å². The lowest BCUT2D eigenvalue weighted by Crippen LogP contribution is -2.02. The van der Waals surface area contributed by atoms with Gasteiger partial charge in [0.25, 0.3) is 5.69 Å². The molecule has 0 amide bonds. The van der Waals surface area contributed by atoms with Crippen molar-refractivity contribution in [3.05, 3.63) is 62.1 Å². The van der Waals surface area contributed by atoms with Gasteiger partial charge < -0.3 is 4.98 Å². The topological polar surface area (TPSA) is 102 Å². The van der Waals surface area contributed by atoms with E-state index in [2.05, 4.69) is 15.0 Å². The average Bonchev–Trinajstić information content (AvgIpc) is 2.91. The van der Waals surface area contributed by atoms with Crippen molar-refractivity contribution in [1.82, 2.24) is 15.0 Å². The molecule has 0 saturated carbocycles. The molecule has 0 aliphatic heterocycles. The number of nitrogens with one attached hydrogen (secondary N) is 1. The second-order valence-electron chi connectivity index (χ2n) is 4.34. The van der Waals surface area contributed by atoms with Crippen molar-refractivity contribution in [2.75, 3.05) is 0 Å². The minimum atomic E-state index is -0.587. The maximum atomic E-state index is 12.6. The number of nitro benzene ring substituents is 1. The number of carbonyl (C=O) groups is 1. The average molecular weight is 337 g/mol. The van der Waals surface area contributed by atoms with Crippen molar-refractivity contribution in [1.29, 1.82) is 0 Å². The quantitative estimate of drug-likeness (QED) is 0.341. The third-order valence-electron chi connectivity index (χ3n) is 3.08. The van der Waals surface area contributed by atoms with Crippen molar-refractivity contribution in [2.45, 2.75) is 0 Å². The zero-order valence-electron chi connectivity index (χ0n) is 10.7. The van der Waals surface area contributed by atoms with Crippen LogP contribution < -0.4 is 0 Å². The van der Waals surface area contributed by atoms with Gasteiger partial charge in [0.2, 0.25) is 0 Å². The second-order valence-corrected chi connectivity index (χ2v) is 5.11. The van der Waals surface area contributed by atoms with Gasteiger partial charge in [-0.15, -0.1) is 0 Å². The van der Waals surface area contributed by atoms with Crippen LogP contribution in [0.2, 0.25) is 10.2 Å². The summed E-state index contributed by atoms with van der Waals surface area (Å²) < 4.78 is 0. The standard InChI is InChI=1S/C13H6Cl2N4O3/c14-9-3-6(19(21)22)1-2-7(9)11(20)8-4-16-13-10(8)12(15)17-5-18-13/h1-5H,(H,16,17,18). The molecule has 3 rings (SSSR count). The van der Waals surface area contributed by atoms with Crippen molar-refractivity contribution in [3.63, 3.8) is 0 Å². The summed E-state index contributed by atoms with van der Waals surface area (Å²) in [5.41, 5.74) is 0.604. The first-order chi connectivity index (χ1) is 10.5. The molecule has 0 radical (unpaired) electrons. The zero-order valence-corrected chi connectivity index (χ0v) is 12.2. The van der Waals surface area contributed by atoms with Crippen LogP contribution >= 0.6 is 23.2 Å². The summed E-state index contributed by atoms with van der Waals surface area (Å²) in [6.45, 7) is 0. The Morgan fingerprint density at radius 1 is 1.23 bits per heavy atom. The van der Waals surface area contributed by atoms with Gasteiger partial charge in [-0.25, -0.2) is 9.97 Å². The molecular formula is C13H6Cl2N4O3. The smallest absolute Gasteiger partial charge is 0.270 e. The SMILES string of the molecule is O=C(c1ccc([N+](=O)[O-])cc1Cl)c1c[nH]c2ncnc(Cl)c12. The molecule has 0 spiro atoms. The van der Waals surface area contributed by atoms with E-state index in [1.54, 1.807) is 0 Å². The Labute approximate surface area is 133 Å². The highest BCUT2D eigenvalue weighted by molar-refractivity contribution is 6.38. The first-order valence-corrected chi connectivity index (χ1v) is 6.71. The summed E-state index contributed by atoms with van der Waals surface area (Å²) in [5.74, 6) is -0.428. The third-order valence-corrected chi connectivity index (χ3v) is 3.68. The van der Waals surface area contributed by atoms with E-state index in [4.69, 9.17) is 23.2 Å². The van der Waals surface area contributed by atoms with Crippen LogP contribution in [-0.2, 0) is 0 Å². The van der Waals surface area contributed by atoms with E-state index in [0.717, 1.165) is 6.07 Å². The normalized spacial score (nSPS) is 10.8. The highest BCUT2D eigenvalue weighted by Crippen LogP contribution is 2.29. The van der Waals surface area contributed by atoms with Crippen LogP contribution in [0.3, 0.4) is 0 Å². The largest absolute Gasteiger partial charge is 0.345 e. The number of fused-ring (bicyclic) bond motifs is 1. The lowest BCUT2D eigenvalue weighted by atomic mass is 10.0. The molecule has 0 saturated heterocycles. The molecule has 22 heavy (non-hydrogen) atoms. The number of benzene rings is 1. The van der Waals surface area contributed by atoms with Gasteiger partial charge in [0.05, 0.1) is 20.9 Å². The number of nitrogens with zero attached hydrogens (tertiary/aromatic N) is 3. The highest BCUT2D eigenvalue weighted by atomic mass is 35.5. The Morgan fingerprint density at radius 2 is 2.00 bits per heavy atom. The fourth-order valence-electron chi connectivity index (χ4n) is 2.05. The minimum Gasteiger partial charge on any atom is -0.345 e. The van der Waals surface area contributed by atoms with Crippen molar-refractivity contribution in [2.24, 2.45) is 0 Å². The molecule has 3 aromatic rings. The van der Waals surface area contributed by atoms with E-state index in [1.165, 1.54) is 24.7 Å². The van der Waals surface area contributed by atoms with Crippen LogP contribution in [-0.4, -0.2) is 25.7 Å². The molecule has 110 valence electrons. The van der Waals surface area contributed by atoms with Gasteiger partial charge in [-0.3, -0.25) is 14.9 Å². The molecule has 1 N–H and O–H groups in total. The number of aromatic amines is 1. The Morgan fingerprint density at radius 3 is 2.68 bits per heavy atom. The molecule has 0 fully saturated rings. The van der Waals surface area contributed by atoms with Crippen molar-refractivity contribution < 1.29 is 9.72 Å². The number of H-pyrrole nitrogens is 1. The van der Waals surface area contributed by atoms with E-state index in [9.17, 15) is 14.9 Å². The van der Waals surface area contributed by atoms with Gasteiger partial charge in [-0.05, 0) is 6.07 Å². The van der Waals surface area contributed by atoms with E-state index >= 15 is 0 Å². The number of nitro groups is 1. The summed E-state index contributed by atoms with van der Waals surface area (Å²) in [6, 6.07) is 3.65. The summed E-state index contributed by atoms with van der Waals surface area (Å²) in [5, 5.41) is 11.2. The predicted molar refractivity (Wildman–Crippen MR) is 80.4 cm³/mol. The van der Waals surface area contributed by atoms with Gasteiger partial charge in [-0.1, -0.05) is 23.2 Å². The number of ketones is 1. The maximum Gasteiger partial charge on any atom is 0.270 e. The second kappa shape index (κ2) is 5.36. The molecule has 2 aromatic heterocycles. The first-order valence-electron chi connectivity index (χ1n) is 5.95.